The summed E-state index contributed by atoms with van der Waals surface area (Å²) in [6, 6.07) is 23.7. The van der Waals surface area contributed by atoms with E-state index in [-0.39, 0.29) is 24.9 Å². The Morgan fingerprint density at radius 1 is 0.967 bits per heavy atom. The maximum atomic E-state index is 12.4. The summed E-state index contributed by atoms with van der Waals surface area (Å²) in [5.74, 6) is -0.394. The second kappa shape index (κ2) is 9.89. The van der Waals surface area contributed by atoms with Crippen LogP contribution < -0.4 is 16.0 Å². The van der Waals surface area contributed by atoms with Gasteiger partial charge in [-0.1, -0.05) is 42.0 Å². The smallest absolute Gasteiger partial charge is 0.251 e. The van der Waals surface area contributed by atoms with Crippen LogP contribution in [0.1, 0.15) is 27.0 Å². The molecule has 3 aromatic carbocycles. The Balaban J connectivity index is 1.65. The normalized spacial score (nSPS) is 10.0. The fourth-order valence-corrected chi connectivity index (χ4v) is 2.93. The zero-order valence-electron chi connectivity index (χ0n) is 16.6. The van der Waals surface area contributed by atoms with Crippen LogP contribution >= 0.6 is 0 Å². The van der Waals surface area contributed by atoms with Crippen LogP contribution in [0.5, 0.6) is 0 Å². The third-order valence-corrected chi connectivity index (χ3v) is 4.46. The van der Waals surface area contributed by atoms with Crippen molar-refractivity contribution in [3.63, 3.8) is 0 Å². The van der Waals surface area contributed by atoms with Crippen molar-refractivity contribution in [2.24, 2.45) is 0 Å². The fourth-order valence-electron chi connectivity index (χ4n) is 2.93. The number of rotatable bonds is 7. The van der Waals surface area contributed by atoms with Gasteiger partial charge < -0.3 is 16.0 Å². The molecule has 30 heavy (non-hydrogen) atoms. The predicted octanol–water partition coefficient (Wildman–Crippen LogP) is 3.85. The van der Waals surface area contributed by atoms with Crippen molar-refractivity contribution in [1.29, 1.82) is 5.26 Å². The number of carbonyl (C=O) groups excluding carboxylic acids is 2. The first-order valence-electron chi connectivity index (χ1n) is 9.52. The monoisotopic (exact) mass is 398 g/mol. The van der Waals surface area contributed by atoms with E-state index in [4.69, 9.17) is 0 Å². The molecule has 3 rings (SSSR count). The van der Waals surface area contributed by atoms with Crippen molar-refractivity contribution < 1.29 is 9.59 Å². The number of amides is 2. The van der Waals surface area contributed by atoms with E-state index in [0.29, 0.717) is 22.5 Å². The first kappa shape index (κ1) is 20.6. The van der Waals surface area contributed by atoms with Crippen LogP contribution in [-0.2, 0) is 11.3 Å². The maximum absolute atomic E-state index is 12.4. The standard InChI is InChI=1S/C24H22N4O2/c1-17-6-5-7-19(12-17)24(30)27-15-20-11-10-18(14-25)13-22(20)26-16-23(29)28-21-8-3-2-4-9-21/h2-13,26H,15-16H2,1H3,(H,27,30)(H,28,29). The van der Waals surface area contributed by atoms with Gasteiger partial charge in [0.2, 0.25) is 5.91 Å². The van der Waals surface area contributed by atoms with E-state index >= 15 is 0 Å². The summed E-state index contributed by atoms with van der Waals surface area (Å²) in [6.07, 6.45) is 0. The molecule has 0 heterocycles. The highest BCUT2D eigenvalue weighted by Gasteiger charge is 2.10. The van der Waals surface area contributed by atoms with E-state index in [1.54, 1.807) is 36.4 Å². The van der Waals surface area contributed by atoms with E-state index in [9.17, 15) is 14.9 Å². The van der Waals surface area contributed by atoms with Crippen LogP contribution in [0.4, 0.5) is 11.4 Å². The molecule has 3 N–H and O–H groups in total. The molecule has 0 aromatic heterocycles. The van der Waals surface area contributed by atoms with E-state index < -0.39 is 0 Å². The van der Waals surface area contributed by atoms with E-state index in [1.165, 1.54) is 0 Å². The molecular formula is C24H22N4O2. The third-order valence-electron chi connectivity index (χ3n) is 4.46. The molecule has 6 nitrogen and oxygen atoms in total. The maximum Gasteiger partial charge on any atom is 0.251 e. The Labute approximate surface area is 175 Å². The molecule has 0 atom stereocenters. The molecule has 0 saturated carbocycles. The number of carbonyl (C=O) groups is 2. The van der Waals surface area contributed by atoms with Gasteiger partial charge in [0.05, 0.1) is 18.2 Å². The number of hydrogen-bond acceptors (Lipinski definition) is 4. The number of nitrogens with zero attached hydrogens (tertiary/aromatic N) is 1. The van der Waals surface area contributed by atoms with Gasteiger partial charge in [-0.3, -0.25) is 9.59 Å². The van der Waals surface area contributed by atoms with Crippen molar-refractivity contribution in [3.8, 4) is 6.07 Å². The van der Waals surface area contributed by atoms with E-state index in [2.05, 4.69) is 22.0 Å². The van der Waals surface area contributed by atoms with Crippen LogP contribution in [0.2, 0.25) is 0 Å². The van der Waals surface area contributed by atoms with Gasteiger partial charge in [0.25, 0.3) is 5.91 Å². The summed E-state index contributed by atoms with van der Waals surface area (Å²) >= 11 is 0. The minimum atomic E-state index is -0.210. The van der Waals surface area contributed by atoms with E-state index in [0.717, 1.165) is 11.1 Å². The predicted molar refractivity (Wildman–Crippen MR) is 117 cm³/mol. The van der Waals surface area contributed by atoms with Crippen LogP contribution in [-0.4, -0.2) is 18.4 Å². The van der Waals surface area contributed by atoms with Crippen LogP contribution in [0.3, 0.4) is 0 Å². The lowest BCUT2D eigenvalue weighted by molar-refractivity contribution is -0.114. The Kier molecular flexibility index (Phi) is 6.80. The van der Waals surface area contributed by atoms with Crippen molar-refractivity contribution >= 4 is 23.2 Å². The Morgan fingerprint density at radius 2 is 1.77 bits per heavy atom. The molecule has 0 spiro atoms. The lowest BCUT2D eigenvalue weighted by atomic mass is 10.1. The Bertz CT molecular complexity index is 1090. The van der Waals surface area contributed by atoms with Crippen LogP contribution in [0, 0.1) is 18.3 Å². The number of hydrogen-bond donors (Lipinski definition) is 3. The van der Waals surface area contributed by atoms with Crippen molar-refractivity contribution in [3.05, 3.63) is 95.1 Å². The molecule has 150 valence electrons. The first-order chi connectivity index (χ1) is 14.5. The molecule has 0 aliphatic carbocycles. The lowest BCUT2D eigenvalue weighted by Crippen LogP contribution is -2.25. The number of nitrogens with one attached hydrogen (secondary N) is 3. The van der Waals surface area contributed by atoms with Gasteiger partial charge in [0, 0.05) is 23.5 Å². The van der Waals surface area contributed by atoms with Crippen molar-refractivity contribution in [2.45, 2.75) is 13.5 Å². The highest BCUT2D eigenvalue weighted by Crippen LogP contribution is 2.18. The number of nitriles is 1. The molecule has 2 amide bonds. The number of aryl methyl sites for hydroxylation is 1. The molecule has 0 unspecified atom stereocenters. The molecule has 0 bridgehead atoms. The average molecular weight is 398 g/mol. The molecule has 6 heteroatoms. The van der Waals surface area contributed by atoms with Gasteiger partial charge >= 0.3 is 0 Å². The molecule has 0 aliphatic rings. The quantitative estimate of drug-likeness (QED) is 0.563. The van der Waals surface area contributed by atoms with Gasteiger partial charge in [-0.15, -0.1) is 0 Å². The molecule has 0 aliphatic heterocycles. The number of para-hydroxylation sites is 1. The minimum Gasteiger partial charge on any atom is -0.376 e. The zero-order valence-corrected chi connectivity index (χ0v) is 16.6. The van der Waals surface area contributed by atoms with Gasteiger partial charge in [-0.25, -0.2) is 0 Å². The summed E-state index contributed by atoms with van der Waals surface area (Å²) < 4.78 is 0. The molecule has 3 aromatic rings. The second-order valence-electron chi connectivity index (χ2n) is 6.80. The minimum absolute atomic E-state index is 0.0304. The summed E-state index contributed by atoms with van der Waals surface area (Å²) in [5, 5.41) is 17.9. The zero-order chi connectivity index (χ0) is 21.3. The van der Waals surface area contributed by atoms with Crippen molar-refractivity contribution in [2.75, 3.05) is 17.2 Å². The van der Waals surface area contributed by atoms with Crippen LogP contribution in [0.15, 0.2) is 72.8 Å². The summed E-state index contributed by atoms with van der Waals surface area (Å²) in [7, 11) is 0. The van der Waals surface area contributed by atoms with Crippen molar-refractivity contribution in [1.82, 2.24) is 5.32 Å². The third kappa shape index (κ3) is 5.69. The SMILES string of the molecule is Cc1cccc(C(=O)NCc2ccc(C#N)cc2NCC(=O)Nc2ccccc2)c1. The molecule has 0 fully saturated rings. The first-order valence-corrected chi connectivity index (χ1v) is 9.52. The molecular weight excluding hydrogens is 376 g/mol. The van der Waals surface area contributed by atoms with Gasteiger partial charge in [-0.2, -0.15) is 5.26 Å². The highest BCUT2D eigenvalue weighted by molar-refractivity contribution is 5.95. The summed E-state index contributed by atoms with van der Waals surface area (Å²) in [6.45, 7) is 2.23. The molecule has 0 saturated heterocycles. The highest BCUT2D eigenvalue weighted by atomic mass is 16.2. The van der Waals surface area contributed by atoms with Gasteiger partial charge in [-0.05, 0) is 48.9 Å². The van der Waals surface area contributed by atoms with Gasteiger partial charge in [0.15, 0.2) is 0 Å². The van der Waals surface area contributed by atoms with Crippen LogP contribution in [0.25, 0.3) is 0 Å². The summed E-state index contributed by atoms with van der Waals surface area (Å²) in [4.78, 5) is 24.7. The number of anilines is 2. The van der Waals surface area contributed by atoms with E-state index in [1.807, 2.05) is 43.3 Å². The largest absolute Gasteiger partial charge is 0.376 e. The topological polar surface area (TPSA) is 94.0 Å². The Morgan fingerprint density at radius 3 is 2.50 bits per heavy atom. The number of benzene rings is 3. The Hall–Kier alpha value is -4.11. The molecule has 0 radical (unpaired) electrons. The lowest BCUT2D eigenvalue weighted by Gasteiger charge is -2.14. The van der Waals surface area contributed by atoms with Gasteiger partial charge in [0.1, 0.15) is 0 Å². The fraction of sp³-hybridized carbons (Fsp3) is 0.125. The average Bonchev–Trinajstić information content (AvgIpc) is 2.77. The second-order valence-corrected chi connectivity index (χ2v) is 6.80. The summed E-state index contributed by atoms with van der Waals surface area (Å²) in [5.41, 5.74) is 4.17.